The maximum absolute atomic E-state index is 11.2. The number of carbonyl (C=O) groups excluding carboxylic acids is 1. The molecule has 0 aliphatic carbocycles. The fraction of sp³-hybridized carbons (Fsp3) is 0.417. The summed E-state index contributed by atoms with van der Waals surface area (Å²) in [5, 5.41) is 0. The molecule has 2 heteroatoms. The molecule has 0 amide bonds. The fourth-order valence-electron chi connectivity index (χ4n) is 1.81. The zero-order valence-electron chi connectivity index (χ0n) is 8.49. The van der Waals surface area contributed by atoms with E-state index in [0.717, 1.165) is 6.42 Å². The summed E-state index contributed by atoms with van der Waals surface area (Å²) in [6, 6.07) is 10.1. The molecular weight excluding hydrogens is 176 g/mol. The van der Waals surface area contributed by atoms with Gasteiger partial charge in [-0.05, 0) is 25.8 Å². The van der Waals surface area contributed by atoms with Crippen LogP contribution in [-0.4, -0.2) is 11.6 Å². The van der Waals surface area contributed by atoms with Gasteiger partial charge >= 0.3 is 5.97 Å². The zero-order chi connectivity index (χ0) is 10.2. The second-order valence-corrected chi connectivity index (χ2v) is 4.27. The Kier molecular flexibility index (Phi) is 2.06. The van der Waals surface area contributed by atoms with Crippen molar-refractivity contribution in [1.82, 2.24) is 0 Å². The van der Waals surface area contributed by atoms with E-state index >= 15 is 0 Å². The molecule has 0 radical (unpaired) electrons. The van der Waals surface area contributed by atoms with Gasteiger partial charge in [0.05, 0.1) is 0 Å². The number of benzene rings is 1. The second-order valence-electron chi connectivity index (χ2n) is 4.27. The van der Waals surface area contributed by atoms with E-state index in [0.29, 0.717) is 0 Å². The lowest BCUT2D eigenvalue weighted by Gasteiger charge is -2.42. The van der Waals surface area contributed by atoms with Crippen LogP contribution in [0, 0.1) is 5.92 Å². The van der Waals surface area contributed by atoms with Crippen molar-refractivity contribution in [2.45, 2.75) is 25.9 Å². The Morgan fingerprint density at radius 3 is 2.43 bits per heavy atom. The molecule has 1 atom stereocenters. The summed E-state index contributed by atoms with van der Waals surface area (Å²) in [4.78, 5) is 11.2. The van der Waals surface area contributed by atoms with Crippen LogP contribution in [0.2, 0.25) is 0 Å². The molecule has 0 bridgehead atoms. The van der Waals surface area contributed by atoms with Crippen LogP contribution >= 0.6 is 0 Å². The number of esters is 1. The van der Waals surface area contributed by atoms with Gasteiger partial charge in [0.25, 0.3) is 0 Å². The molecule has 1 aliphatic heterocycles. The third kappa shape index (κ3) is 1.52. The normalized spacial score (nSPS) is 23.9. The Hall–Kier alpha value is -1.31. The highest BCUT2D eigenvalue weighted by atomic mass is 16.6. The number of cyclic esters (lactones) is 1. The van der Waals surface area contributed by atoms with Crippen LogP contribution in [-0.2, 0) is 16.0 Å². The van der Waals surface area contributed by atoms with Crippen molar-refractivity contribution in [2.75, 3.05) is 0 Å². The first-order valence-corrected chi connectivity index (χ1v) is 4.86. The van der Waals surface area contributed by atoms with Gasteiger partial charge in [-0.25, -0.2) is 0 Å². The Balaban J connectivity index is 2.09. The van der Waals surface area contributed by atoms with Crippen molar-refractivity contribution in [3.63, 3.8) is 0 Å². The van der Waals surface area contributed by atoms with Gasteiger partial charge in [0.1, 0.15) is 11.5 Å². The SMILES string of the molecule is CC1(C)OC(=O)[C@@H]1Cc1ccccc1. The average molecular weight is 190 g/mol. The molecule has 74 valence electrons. The molecule has 1 heterocycles. The van der Waals surface area contributed by atoms with Crippen LogP contribution in [0.3, 0.4) is 0 Å². The largest absolute Gasteiger partial charge is 0.458 e. The van der Waals surface area contributed by atoms with Gasteiger partial charge in [0, 0.05) is 0 Å². The highest BCUT2D eigenvalue weighted by Crippen LogP contribution is 2.35. The van der Waals surface area contributed by atoms with Crippen LogP contribution in [0.15, 0.2) is 30.3 Å². The van der Waals surface area contributed by atoms with Gasteiger partial charge in [0.15, 0.2) is 0 Å². The van der Waals surface area contributed by atoms with Gasteiger partial charge in [-0.3, -0.25) is 4.79 Å². The van der Waals surface area contributed by atoms with E-state index in [1.54, 1.807) is 0 Å². The van der Waals surface area contributed by atoms with E-state index < -0.39 is 0 Å². The van der Waals surface area contributed by atoms with Gasteiger partial charge in [-0.1, -0.05) is 30.3 Å². The monoisotopic (exact) mass is 190 g/mol. The molecule has 0 aromatic heterocycles. The lowest BCUT2D eigenvalue weighted by Crippen LogP contribution is -2.54. The van der Waals surface area contributed by atoms with E-state index in [1.165, 1.54) is 5.56 Å². The quantitative estimate of drug-likeness (QED) is 0.668. The Bertz CT molecular complexity index is 341. The van der Waals surface area contributed by atoms with Gasteiger partial charge in [-0.15, -0.1) is 0 Å². The molecule has 1 fully saturated rings. The summed E-state index contributed by atoms with van der Waals surface area (Å²) in [5.74, 6) is -0.0521. The molecule has 1 aliphatic rings. The predicted octanol–water partition coefficient (Wildman–Crippen LogP) is 2.18. The van der Waals surface area contributed by atoms with E-state index in [2.05, 4.69) is 0 Å². The minimum Gasteiger partial charge on any atom is -0.458 e. The molecule has 2 rings (SSSR count). The summed E-state index contributed by atoms with van der Waals surface area (Å²) in [6.45, 7) is 3.92. The van der Waals surface area contributed by atoms with E-state index in [1.807, 2.05) is 44.2 Å². The zero-order valence-corrected chi connectivity index (χ0v) is 8.49. The maximum atomic E-state index is 11.2. The van der Waals surface area contributed by atoms with Gasteiger partial charge < -0.3 is 4.74 Å². The molecule has 14 heavy (non-hydrogen) atoms. The first kappa shape index (κ1) is 9.25. The van der Waals surface area contributed by atoms with Crippen LogP contribution in [0.5, 0.6) is 0 Å². The molecule has 2 nitrogen and oxygen atoms in total. The van der Waals surface area contributed by atoms with Crippen LogP contribution in [0.4, 0.5) is 0 Å². The maximum Gasteiger partial charge on any atom is 0.313 e. The third-order valence-corrected chi connectivity index (χ3v) is 2.77. The summed E-state index contributed by atoms with van der Waals surface area (Å²) >= 11 is 0. The minimum absolute atomic E-state index is 0.0184. The van der Waals surface area contributed by atoms with Crippen molar-refractivity contribution in [1.29, 1.82) is 0 Å². The van der Waals surface area contributed by atoms with Gasteiger partial charge in [-0.2, -0.15) is 0 Å². The highest BCUT2D eigenvalue weighted by molar-refractivity contribution is 5.80. The summed E-state index contributed by atoms with van der Waals surface area (Å²) in [7, 11) is 0. The first-order valence-electron chi connectivity index (χ1n) is 4.86. The summed E-state index contributed by atoms with van der Waals surface area (Å²) in [6.07, 6.45) is 0.784. The van der Waals surface area contributed by atoms with E-state index in [4.69, 9.17) is 4.74 Å². The number of hydrogen-bond donors (Lipinski definition) is 0. The number of hydrogen-bond acceptors (Lipinski definition) is 2. The first-order chi connectivity index (χ1) is 6.59. The summed E-state index contributed by atoms with van der Waals surface area (Å²) < 4.78 is 5.07. The Morgan fingerprint density at radius 2 is 1.93 bits per heavy atom. The number of rotatable bonds is 2. The van der Waals surface area contributed by atoms with Crippen molar-refractivity contribution >= 4 is 5.97 Å². The standard InChI is InChI=1S/C12H14O2/c1-12(2)10(11(13)14-12)8-9-6-4-3-5-7-9/h3-7,10H,8H2,1-2H3/t10-/m0/s1. The molecule has 0 saturated carbocycles. The van der Waals surface area contributed by atoms with Crippen LogP contribution in [0.1, 0.15) is 19.4 Å². The second kappa shape index (κ2) is 3.12. The third-order valence-electron chi connectivity index (χ3n) is 2.77. The topological polar surface area (TPSA) is 26.3 Å². The van der Waals surface area contributed by atoms with Crippen molar-refractivity contribution in [2.24, 2.45) is 5.92 Å². The van der Waals surface area contributed by atoms with Crippen molar-refractivity contribution in [3.05, 3.63) is 35.9 Å². The van der Waals surface area contributed by atoms with Crippen molar-refractivity contribution in [3.8, 4) is 0 Å². The molecule has 1 aromatic carbocycles. The molecule has 1 saturated heterocycles. The lowest BCUT2D eigenvalue weighted by atomic mass is 9.81. The molecule has 0 spiro atoms. The van der Waals surface area contributed by atoms with E-state index in [-0.39, 0.29) is 17.5 Å². The van der Waals surface area contributed by atoms with Crippen molar-refractivity contribution < 1.29 is 9.53 Å². The molecule has 1 aromatic rings. The molecular formula is C12H14O2. The average Bonchev–Trinajstić information content (AvgIpc) is 2.15. The predicted molar refractivity (Wildman–Crippen MR) is 53.8 cm³/mol. The number of ether oxygens (including phenoxy) is 1. The van der Waals surface area contributed by atoms with Crippen LogP contribution < -0.4 is 0 Å². The summed E-state index contributed by atoms with van der Waals surface area (Å²) in [5.41, 5.74) is 0.912. The Labute approximate surface area is 83.9 Å². The van der Waals surface area contributed by atoms with E-state index in [9.17, 15) is 4.79 Å². The number of carbonyl (C=O) groups is 1. The highest BCUT2D eigenvalue weighted by Gasteiger charge is 2.49. The van der Waals surface area contributed by atoms with Crippen LogP contribution in [0.25, 0.3) is 0 Å². The Morgan fingerprint density at radius 1 is 1.29 bits per heavy atom. The molecule has 0 unspecified atom stereocenters. The lowest BCUT2D eigenvalue weighted by molar-refractivity contribution is -0.204. The minimum atomic E-state index is -0.285. The van der Waals surface area contributed by atoms with Gasteiger partial charge in [0.2, 0.25) is 0 Å². The fourth-order valence-corrected chi connectivity index (χ4v) is 1.81. The molecule has 0 N–H and O–H groups in total. The smallest absolute Gasteiger partial charge is 0.313 e.